The molecule has 7 heteroatoms. The molecule has 0 saturated heterocycles. The molecule has 2 heterocycles. The molecule has 30 heavy (non-hydrogen) atoms. The lowest BCUT2D eigenvalue weighted by Gasteiger charge is -2.07. The molecule has 2 aromatic heterocycles. The summed E-state index contributed by atoms with van der Waals surface area (Å²) >= 11 is 0. The van der Waals surface area contributed by atoms with Gasteiger partial charge in [-0.25, -0.2) is 14.3 Å². The first-order valence-electron chi connectivity index (χ1n) is 10.1. The van der Waals surface area contributed by atoms with Crippen LogP contribution in [-0.2, 0) is 25.9 Å². The summed E-state index contributed by atoms with van der Waals surface area (Å²) in [5.41, 5.74) is 5.93. The van der Waals surface area contributed by atoms with Crippen LogP contribution >= 0.6 is 0 Å². The van der Waals surface area contributed by atoms with Crippen LogP contribution in [0.1, 0.15) is 39.3 Å². The molecule has 0 bridgehead atoms. The predicted octanol–water partition coefficient (Wildman–Crippen LogP) is 2.93. The number of fused-ring (bicyclic) bond motifs is 1. The first-order valence-corrected chi connectivity index (χ1v) is 10.1. The normalized spacial score (nSPS) is 12.7. The lowest BCUT2D eigenvalue weighted by atomic mass is 10.1. The van der Waals surface area contributed by atoms with Crippen molar-refractivity contribution in [1.29, 1.82) is 0 Å². The van der Waals surface area contributed by atoms with E-state index >= 15 is 0 Å². The van der Waals surface area contributed by atoms with Gasteiger partial charge in [0.25, 0.3) is 5.91 Å². The van der Waals surface area contributed by atoms with E-state index in [0.717, 1.165) is 47.3 Å². The van der Waals surface area contributed by atoms with E-state index in [2.05, 4.69) is 26.6 Å². The number of nitrogens with one attached hydrogen (secondary N) is 1. The largest absolute Gasteiger partial charge is 0.347 e. The Morgan fingerprint density at radius 3 is 2.73 bits per heavy atom. The molecule has 1 aliphatic rings. The van der Waals surface area contributed by atoms with Gasteiger partial charge < -0.3 is 5.32 Å². The highest BCUT2D eigenvalue weighted by molar-refractivity contribution is 5.94. The summed E-state index contributed by atoms with van der Waals surface area (Å²) in [4.78, 5) is 16.9. The van der Waals surface area contributed by atoms with Gasteiger partial charge in [-0.2, -0.15) is 10.2 Å². The maximum atomic E-state index is 13.0. The van der Waals surface area contributed by atoms with Crippen LogP contribution in [0.5, 0.6) is 0 Å². The van der Waals surface area contributed by atoms with Crippen LogP contribution in [0.15, 0.2) is 67.3 Å². The summed E-state index contributed by atoms with van der Waals surface area (Å²) in [6.45, 7) is 1.10. The standard InChI is InChI=1S/C23H22N6O/c30-23(25-13-17-6-4-7-18(12-17)14-28-16-24-15-26-28)22-20-10-5-11-21(20)29(27-22)19-8-2-1-3-9-19/h1-4,6-9,12,15-16H,5,10-11,13-14H2,(H,25,30). The number of hydrogen-bond donors (Lipinski definition) is 1. The van der Waals surface area contributed by atoms with Gasteiger partial charge in [0.1, 0.15) is 12.7 Å². The van der Waals surface area contributed by atoms with E-state index in [4.69, 9.17) is 0 Å². The van der Waals surface area contributed by atoms with E-state index < -0.39 is 0 Å². The smallest absolute Gasteiger partial charge is 0.272 e. The molecule has 0 unspecified atom stereocenters. The van der Waals surface area contributed by atoms with E-state index in [0.29, 0.717) is 18.8 Å². The van der Waals surface area contributed by atoms with E-state index in [1.165, 1.54) is 6.33 Å². The van der Waals surface area contributed by atoms with Crippen LogP contribution in [0.3, 0.4) is 0 Å². The number of benzene rings is 2. The van der Waals surface area contributed by atoms with Crippen molar-refractivity contribution in [2.45, 2.75) is 32.4 Å². The average Bonchev–Trinajstić information content (AvgIpc) is 3.51. The molecule has 1 N–H and O–H groups in total. The van der Waals surface area contributed by atoms with Crippen molar-refractivity contribution in [3.8, 4) is 5.69 Å². The molecule has 0 radical (unpaired) electrons. The van der Waals surface area contributed by atoms with Gasteiger partial charge in [-0.05, 0) is 42.5 Å². The third kappa shape index (κ3) is 3.61. The van der Waals surface area contributed by atoms with E-state index in [1.54, 1.807) is 11.0 Å². The fourth-order valence-corrected chi connectivity index (χ4v) is 4.01. The van der Waals surface area contributed by atoms with Gasteiger partial charge in [0.05, 0.1) is 12.2 Å². The van der Waals surface area contributed by atoms with E-state index in [1.807, 2.05) is 53.2 Å². The van der Waals surface area contributed by atoms with Gasteiger partial charge in [0.15, 0.2) is 5.69 Å². The molecule has 150 valence electrons. The van der Waals surface area contributed by atoms with Crippen molar-refractivity contribution in [2.75, 3.05) is 0 Å². The highest BCUT2D eigenvalue weighted by atomic mass is 16.1. The number of para-hydroxylation sites is 1. The number of aromatic nitrogens is 5. The van der Waals surface area contributed by atoms with Crippen LogP contribution in [0.25, 0.3) is 5.69 Å². The summed E-state index contributed by atoms with van der Waals surface area (Å²) in [7, 11) is 0. The quantitative estimate of drug-likeness (QED) is 0.542. The summed E-state index contributed by atoms with van der Waals surface area (Å²) in [6.07, 6.45) is 6.13. The van der Waals surface area contributed by atoms with Gasteiger partial charge >= 0.3 is 0 Å². The fraction of sp³-hybridized carbons (Fsp3) is 0.217. The maximum Gasteiger partial charge on any atom is 0.272 e. The van der Waals surface area contributed by atoms with Crippen molar-refractivity contribution in [1.82, 2.24) is 29.9 Å². The Kier molecular flexibility index (Phi) is 4.85. The zero-order chi connectivity index (χ0) is 20.3. The van der Waals surface area contributed by atoms with E-state index in [-0.39, 0.29) is 5.91 Å². The lowest BCUT2D eigenvalue weighted by molar-refractivity contribution is 0.0944. The van der Waals surface area contributed by atoms with Crippen LogP contribution < -0.4 is 5.32 Å². The minimum absolute atomic E-state index is 0.121. The van der Waals surface area contributed by atoms with Crippen molar-refractivity contribution < 1.29 is 4.79 Å². The fourth-order valence-electron chi connectivity index (χ4n) is 4.01. The van der Waals surface area contributed by atoms with Crippen molar-refractivity contribution in [3.63, 3.8) is 0 Å². The second-order valence-corrected chi connectivity index (χ2v) is 7.47. The van der Waals surface area contributed by atoms with Gasteiger partial charge in [0.2, 0.25) is 0 Å². The SMILES string of the molecule is O=C(NCc1cccc(Cn2cncn2)c1)c1nn(-c2ccccc2)c2c1CCC2. The van der Waals surface area contributed by atoms with Gasteiger partial charge in [-0.15, -0.1) is 0 Å². The van der Waals surface area contributed by atoms with E-state index in [9.17, 15) is 4.79 Å². The maximum absolute atomic E-state index is 13.0. The third-order valence-corrected chi connectivity index (χ3v) is 5.40. The second-order valence-electron chi connectivity index (χ2n) is 7.47. The molecule has 1 amide bonds. The number of amides is 1. The zero-order valence-corrected chi connectivity index (χ0v) is 16.5. The minimum atomic E-state index is -0.121. The number of hydrogen-bond acceptors (Lipinski definition) is 4. The highest BCUT2D eigenvalue weighted by Gasteiger charge is 2.26. The predicted molar refractivity (Wildman–Crippen MR) is 112 cm³/mol. The van der Waals surface area contributed by atoms with Crippen molar-refractivity contribution >= 4 is 5.91 Å². The number of nitrogens with zero attached hydrogens (tertiary/aromatic N) is 5. The Labute approximate surface area is 174 Å². The molecular weight excluding hydrogens is 376 g/mol. The Morgan fingerprint density at radius 2 is 1.90 bits per heavy atom. The molecule has 7 nitrogen and oxygen atoms in total. The van der Waals surface area contributed by atoms with Crippen molar-refractivity contribution in [3.05, 3.63) is 95.3 Å². The minimum Gasteiger partial charge on any atom is -0.347 e. The molecule has 1 aliphatic carbocycles. The zero-order valence-electron chi connectivity index (χ0n) is 16.5. The average molecular weight is 398 g/mol. The van der Waals surface area contributed by atoms with Crippen molar-refractivity contribution in [2.24, 2.45) is 0 Å². The Bertz CT molecular complexity index is 1160. The van der Waals surface area contributed by atoms with Crippen LogP contribution in [0, 0.1) is 0 Å². The van der Waals surface area contributed by atoms with Gasteiger partial charge in [-0.3, -0.25) is 4.79 Å². The second kappa shape index (κ2) is 7.94. The molecule has 0 atom stereocenters. The number of rotatable bonds is 6. The molecular formula is C23H22N6O. The topological polar surface area (TPSA) is 77.6 Å². The molecule has 5 rings (SSSR count). The highest BCUT2D eigenvalue weighted by Crippen LogP contribution is 2.27. The number of carbonyl (C=O) groups is 1. The van der Waals surface area contributed by atoms with Crippen LogP contribution in [0.4, 0.5) is 0 Å². The summed E-state index contributed by atoms with van der Waals surface area (Å²) in [5, 5.41) is 11.9. The van der Waals surface area contributed by atoms with Gasteiger partial charge in [-0.1, -0.05) is 42.5 Å². The Morgan fingerprint density at radius 1 is 1.03 bits per heavy atom. The third-order valence-electron chi connectivity index (χ3n) is 5.40. The van der Waals surface area contributed by atoms with Crippen LogP contribution in [-0.4, -0.2) is 30.5 Å². The first kappa shape index (κ1) is 18.3. The summed E-state index contributed by atoms with van der Waals surface area (Å²) < 4.78 is 3.70. The summed E-state index contributed by atoms with van der Waals surface area (Å²) in [5.74, 6) is -0.121. The Hall–Kier alpha value is -3.74. The van der Waals surface area contributed by atoms with Gasteiger partial charge in [0, 0.05) is 17.8 Å². The molecule has 2 aromatic carbocycles. The lowest BCUT2D eigenvalue weighted by Crippen LogP contribution is -2.24. The monoisotopic (exact) mass is 398 g/mol. The molecule has 0 saturated carbocycles. The molecule has 4 aromatic rings. The first-order chi connectivity index (χ1) is 14.8. The molecule has 0 aliphatic heterocycles. The molecule has 0 fully saturated rings. The molecule has 0 spiro atoms. The number of carbonyl (C=O) groups excluding carboxylic acids is 1. The summed E-state index contributed by atoms with van der Waals surface area (Å²) in [6, 6.07) is 18.1. The Balaban J connectivity index is 1.32. The van der Waals surface area contributed by atoms with Crippen LogP contribution in [0.2, 0.25) is 0 Å².